The normalized spacial score (nSPS) is 11.5. The van der Waals surface area contributed by atoms with E-state index < -0.39 is 17.4 Å². The molecule has 128 valence electrons. The number of fused-ring (bicyclic) bond motifs is 1. The number of nitrogens with one attached hydrogen (secondary N) is 1. The highest BCUT2D eigenvalue weighted by molar-refractivity contribution is 5.90. The van der Waals surface area contributed by atoms with Crippen LogP contribution < -0.4 is 11.0 Å². The van der Waals surface area contributed by atoms with Crippen molar-refractivity contribution in [3.05, 3.63) is 71.4 Å². The molecule has 0 saturated carbocycles. The van der Waals surface area contributed by atoms with Crippen LogP contribution in [0.3, 0.4) is 0 Å². The average Bonchev–Trinajstić information content (AvgIpc) is 2.59. The van der Waals surface area contributed by atoms with Crippen LogP contribution in [-0.2, 0) is 6.18 Å². The summed E-state index contributed by atoms with van der Waals surface area (Å²) < 4.78 is 40.4. The van der Waals surface area contributed by atoms with Crippen LogP contribution in [0.15, 0.2) is 60.2 Å². The molecule has 2 heterocycles. The Morgan fingerprint density at radius 3 is 2.72 bits per heavy atom. The van der Waals surface area contributed by atoms with E-state index in [-0.39, 0.29) is 11.3 Å². The molecular formula is C17H13F3N4O. The molecule has 0 unspecified atom stereocenters. The highest BCUT2D eigenvalue weighted by atomic mass is 19.4. The van der Waals surface area contributed by atoms with Gasteiger partial charge in [-0.25, -0.2) is 4.79 Å². The minimum absolute atomic E-state index is 0.0920. The van der Waals surface area contributed by atoms with Gasteiger partial charge < -0.3 is 5.32 Å². The predicted molar refractivity (Wildman–Crippen MR) is 88.8 cm³/mol. The van der Waals surface area contributed by atoms with Crippen molar-refractivity contribution < 1.29 is 13.2 Å². The number of alkyl halides is 3. The minimum Gasteiger partial charge on any atom is -0.366 e. The first-order valence-corrected chi connectivity index (χ1v) is 7.31. The van der Waals surface area contributed by atoms with Crippen molar-refractivity contribution >= 4 is 16.7 Å². The molecule has 3 rings (SSSR count). The fourth-order valence-corrected chi connectivity index (χ4v) is 2.44. The molecule has 1 N–H and O–H groups in total. The van der Waals surface area contributed by atoms with E-state index in [1.807, 2.05) is 0 Å². The Hall–Kier alpha value is -3.16. The third-order valence-electron chi connectivity index (χ3n) is 3.54. The summed E-state index contributed by atoms with van der Waals surface area (Å²) in [5.41, 5.74) is -1.13. The summed E-state index contributed by atoms with van der Waals surface area (Å²) in [7, 11) is 0. The first kappa shape index (κ1) is 16.7. The van der Waals surface area contributed by atoms with E-state index in [9.17, 15) is 18.0 Å². The number of halogens is 3. The topological polar surface area (TPSA) is 59.8 Å². The fraction of sp³-hybridized carbons (Fsp3) is 0.118. The molecule has 0 aliphatic heterocycles. The number of hydrogen-bond donors (Lipinski definition) is 1. The van der Waals surface area contributed by atoms with E-state index in [1.54, 1.807) is 18.2 Å². The Kier molecular flexibility index (Phi) is 4.26. The summed E-state index contributed by atoms with van der Waals surface area (Å²) in [6.45, 7) is 3.88. The van der Waals surface area contributed by atoms with Crippen LogP contribution in [0.1, 0.15) is 5.56 Å². The quantitative estimate of drug-likeness (QED) is 0.736. The van der Waals surface area contributed by atoms with Crippen molar-refractivity contribution in [3.8, 4) is 5.69 Å². The van der Waals surface area contributed by atoms with E-state index in [1.165, 1.54) is 18.5 Å². The van der Waals surface area contributed by atoms with Gasteiger partial charge in [-0.15, -0.1) is 6.58 Å². The van der Waals surface area contributed by atoms with Crippen molar-refractivity contribution in [2.75, 3.05) is 11.9 Å². The monoisotopic (exact) mass is 346 g/mol. The van der Waals surface area contributed by atoms with Gasteiger partial charge in [0.25, 0.3) is 0 Å². The summed E-state index contributed by atoms with van der Waals surface area (Å²) in [5, 5.41) is 3.26. The fourth-order valence-electron chi connectivity index (χ4n) is 2.44. The van der Waals surface area contributed by atoms with Crippen LogP contribution >= 0.6 is 0 Å². The zero-order valence-electron chi connectivity index (χ0n) is 12.9. The Morgan fingerprint density at radius 1 is 1.28 bits per heavy atom. The van der Waals surface area contributed by atoms with Crippen molar-refractivity contribution in [2.24, 2.45) is 0 Å². The van der Waals surface area contributed by atoms with Gasteiger partial charge in [0.2, 0.25) is 0 Å². The van der Waals surface area contributed by atoms with Gasteiger partial charge in [0, 0.05) is 18.1 Å². The second-order valence-corrected chi connectivity index (χ2v) is 5.19. The average molecular weight is 346 g/mol. The number of pyridine rings is 1. The lowest BCUT2D eigenvalue weighted by atomic mass is 10.1. The maximum Gasteiger partial charge on any atom is 0.416 e. The van der Waals surface area contributed by atoms with Crippen LogP contribution in [0.5, 0.6) is 0 Å². The lowest BCUT2D eigenvalue weighted by molar-refractivity contribution is -0.137. The number of rotatable bonds is 4. The Labute approximate surface area is 140 Å². The van der Waals surface area contributed by atoms with Gasteiger partial charge in [0.05, 0.1) is 23.0 Å². The van der Waals surface area contributed by atoms with E-state index in [4.69, 9.17) is 0 Å². The summed E-state index contributed by atoms with van der Waals surface area (Å²) >= 11 is 0. The van der Waals surface area contributed by atoms with Gasteiger partial charge in [-0.1, -0.05) is 6.08 Å². The minimum atomic E-state index is -4.53. The highest BCUT2D eigenvalue weighted by Crippen LogP contribution is 2.32. The SMILES string of the molecule is C=CCNc1nc(=O)n(-c2cccnc2)c2cc(C(F)(F)F)ccc12. The number of anilines is 1. The third-order valence-corrected chi connectivity index (χ3v) is 3.54. The largest absolute Gasteiger partial charge is 0.416 e. The molecule has 0 aliphatic carbocycles. The number of aromatic nitrogens is 3. The van der Waals surface area contributed by atoms with Crippen LogP contribution in [0, 0.1) is 0 Å². The summed E-state index contributed by atoms with van der Waals surface area (Å²) in [4.78, 5) is 20.3. The molecule has 0 saturated heterocycles. The van der Waals surface area contributed by atoms with Gasteiger partial charge in [-0.05, 0) is 30.3 Å². The van der Waals surface area contributed by atoms with Crippen LogP contribution in [0.25, 0.3) is 16.6 Å². The van der Waals surface area contributed by atoms with Crippen molar-refractivity contribution in [1.82, 2.24) is 14.5 Å². The van der Waals surface area contributed by atoms with E-state index in [0.29, 0.717) is 17.6 Å². The molecule has 2 aromatic heterocycles. The molecule has 0 amide bonds. The Morgan fingerprint density at radius 2 is 2.08 bits per heavy atom. The smallest absolute Gasteiger partial charge is 0.366 e. The summed E-state index contributed by atoms with van der Waals surface area (Å²) in [6.07, 6.45) is -0.0723. The lowest BCUT2D eigenvalue weighted by Gasteiger charge is -2.15. The summed E-state index contributed by atoms with van der Waals surface area (Å²) in [6, 6.07) is 6.35. The van der Waals surface area contributed by atoms with Gasteiger partial charge in [-0.2, -0.15) is 18.2 Å². The molecule has 0 spiro atoms. The van der Waals surface area contributed by atoms with E-state index in [0.717, 1.165) is 16.7 Å². The van der Waals surface area contributed by atoms with E-state index >= 15 is 0 Å². The first-order valence-electron chi connectivity index (χ1n) is 7.31. The maximum atomic E-state index is 13.1. The van der Waals surface area contributed by atoms with Crippen molar-refractivity contribution in [3.63, 3.8) is 0 Å². The van der Waals surface area contributed by atoms with Gasteiger partial charge in [0.15, 0.2) is 0 Å². The molecule has 0 fully saturated rings. The number of nitrogens with zero attached hydrogens (tertiary/aromatic N) is 3. The molecule has 8 heteroatoms. The molecule has 0 atom stereocenters. The standard InChI is InChI=1S/C17H13F3N4O/c1-2-7-22-15-13-6-5-11(17(18,19)20)9-14(13)24(16(25)23-15)12-4-3-8-21-10-12/h2-6,8-10H,1,7H2,(H,22,23,25). The highest BCUT2D eigenvalue weighted by Gasteiger charge is 2.31. The molecule has 0 bridgehead atoms. The number of benzene rings is 1. The molecule has 5 nitrogen and oxygen atoms in total. The van der Waals surface area contributed by atoms with Crippen LogP contribution in [0.2, 0.25) is 0 Å². The van der Waals surface area contributed by atoms with Gasteiger partial charge in [0.1, 0.15) is 5.82 Å². The molecular weight excluding hydrogens is 333 g/mol. The van der Waals surface area contributed by atoms with Gasteiger partial charge in [-0.3, -0.25) is 9.55 Å². The molecule has 25 heavy (non-hydrogen) atoms. The second kappa shape index (κ2) is 6.39. The zero-order valence-corrected chi connectivity index (χ0v) is 12.9. The molecule has 1 aromatic carbocycles. The first-order chi connectivity index (χ1) is 11.9. The lowest BCUT2D eigenvalue weighted by Crippen LogP contribution is -2.24. The number of hydrogen-bond acceptors (Lipinski definition) is 4. The molecule has 0 aliphatic rings. The zero-order chi connectivity index (χ0) is 18.0. The van der Waals surface area contributed by atoms with Crippen molar-refractivity contribution in [2.45, 2.75) is 6.18 Å². The van der Waals surface area contributed by atoms with Crippen LogP contribution in [-0.4, -0.2) is 21.1 Å². The Balaban J connectivity index is 2.36. The molecule has 3 aromatic rings. The molecule has 0 radical (unpaired) electrons. The maximum absolute atomic E-state index is 13.1. The van der Waals surface area contributed by atoms with Crippen molar-refractivity contribution in [1.29, 1.82) is 0 Å². The predicted octanol–water partition coefficient (Wildman–Crippen LogP) is 3.40. The third kappa shape index (κ3) is 3.23. The van der Waals surface area contributed by atoms with E-state index in [2.05, 4.69) is 21.9 Å². The van der Waals surface area contributed by atoms with Gasteiger partial charge >= 0.3 is 11.9 Å². The Bertz CT molecular complexity index is 981. The second-order valence-electron chi connectivity index (χ2n) is 5.19. The summed E-state index contributed by atoms with van der Waals surface area (Å²) in [5.74, 6) is 0.203. The van der Waals surface area contributed by atoms with Crippen LogP contribution in [0.4, 0.5) is 19.0 Å².